The van der Waals surface area contributed by atoms with Gasteiger partial charge in [0, 0.05) is 18.7 Å². The van der Waals surface area contributed by atoms with Crippen molar-refractivity contribution in [2.24, 2.45) is 11.7 Å². The topological polar surface area (TPSA) is 93.5 Å². The largest absolute Gasteiger partial charge is 0.489 e. The van der Waals surface area contributed by atoms with Crippen LogP contribution in [0, 0.1) is 5.92 Å². The molecule has 2 amide bonds. The van der Waals surface area contributed by atoms with Gasteiger partial charge in [0.15, 0.2) is 0 Å². The summed E-state index contributed by atoms with van der Waals surface area (Å²) in [5.41, 5.74) is 6.35. The third-order valence-corrected chi connectivity index (χ3v) is 5.18. The zero-order chi connectivity index (χ0) is 20.0. The van der Waals surface area contributed by atoms with Gasteiger partial charge in [-0.25, -0.2) is 0 Å². The lowest BCUT2D eigenvalue weighted by Crippen LogP contribution is -2.47. The molecule has 4 N–H and O–H groups in total. The van der Waals surface area contributed by atoms with E-state index in [1.807, 2.05) is 13.8 Å². The molecule has 0 aromatic heterocycles. The Morgan fingerprint density at radius 3 is 2.48 bits per heavy atom. The van der Waals surface area contributed by atoms with E-state index in [0.717, 1.165) is 25.7 Å². The highest BCUT2D eigenvalue weighted by Crippen LogP contribution is 2.28. The highest BCUT2D eigenvalue weighted by Gasteiger charge is 2.27. The molecule has 1 fully saturated rings. The van der Waals surface area contributed by atoms with Crippen molar-refractivity contribution in [3.05, 3.63) is 28.8 Å². The number of hydrogen-bond acceptors (Lipinski definition) is 4. The minimum atomic E-state index is -0.577. The molecule has 0 aliphatic heterocycles. The molecule has 27 heavy (non-hydrogen) atoms. The van der Waals surface area contributed by atoms with Crippen LogP contribution < -0.4 is 21.1 Å². The third-order valence-electron chi connectivity index (χ3n) is 4.89. The van der Waals surface area contributed by atoms with Crippen LogP contribution in [0.25, 0.3) is 0 Å². The molecule has 1 aliphatic carbocycles. The standard InChI is InChI=1S/C20H30ClN3O3/c1-12(2)27-18-9-6-14(11-16(18)21)19(25)24-17(20(26)23-3)10-13-4-7-15(22)8-5-13/h6,9,11-13,15,17H,4-5,7-8,10,22H2,1-3H3,(H,23,26)(H,24,25). The minimum Gasteiger partial charge on any atom is -0.489 e. The average Bonchev–Trinajstić information content (AvgIpc) is 2.63. The maximum atomic E-state index is 12.6. The number of carbonyl (C=O) groups excluding carboxylic acids is 2. The lowest BCUT2D eigenvalue weighted by Gasteiger charge is -2.29. The van der Waals surface area contributed by atoms with Gasteiger partial charge >= 0.3 is 0 Å². The third kappa shape index (κ3) is 6.40. The highest BCUT2D eigenvalue weighted by molar-refractivity contribution is 6.32. The lowest BCUT2D eigenvalue weighted by atomic mass is 9.82. The van der Waals surface area contributed by atoms with Crippen LogP contribution in [0.4, 0.5) is 0 Å². The Kier molecular flexibility index (Phi) is 7.92. The van der Waals surface area contributed by atoms with Gasteiger partial charge in [-0.1, -0.05) is 11.6 Å². The summed E-state index contributed by atoms with van der Waals surface area (Å²) in [6.45, 7) is 3.81. The first kappa shape index (κ1) is 21.5. The van der Waals surface area contributed by atoms with Crippen molar-refractivity contribution in [3.8, 4) is 5.75 Å². The number of hydrogen-bond donors (Lipinski definition) is 3. The van der Waals surface area contributed by atoms with E-state index in [9.17, 15) is 9.59 Å². The van der Waals surface area contributed by atoms with Crippen molar-refractivity contribution in [2.45, 2.75) is 64.1 Å². The number of ether oxygens (including phenoxy) is 1. The zero-order valence-electron chi connectivity index (χ0n) is 16.3. The molecule has 1 aromatic rings. The van der Waals surface area contributed by atoms with Crippen molar-refractivity contribution in [3.63, 3.8) is 0 Å². The van der Waals surface area contributed by atoms with Crippen LogP contribution in [0.15, 0.2) is 18.2 Å². The van der Waals surface area contributed by atoms with Gasteiger partial charge in [-0.05, 0) is 70.1 Å². The second-order valence-electron chi connectivity index (χ2n) is 7.47. The Balaban J connectivity index is 2.04. The molecule has 150 valence electrons. The average molecular weight is 396 g/mol. The molecule has 1 aromatic carbocycles. The number of nitrogens with one attached hydrogen (secondary N) is 2. The second-order valence-corrected chi connectivity index (χ2v) is 7.88. The van der Waals surface area contributed by atoms with Gasteiger partial charge in [-0.3, -0.25) is 9.59 Å². The molecule has 6 nitrogen and oxygen atoms in total. The van der Waals surface area contributed by atoms with Gasteiger partial charge in [0.25, 0.3) is 5.91 Å². The van der Waals surface area contributed by atoms with Crippen LogP contribution in [0.5, 0.6) is 5.75 Å². The fourth-order valence-electron chi connectivity index (χ4n) is 3.40. The maximum absolute atomic E-state index is 12.6. The van der Waals surface area contributed by atoms with Gasteiger partial charge in [-0.2, -0.15) is 0 Å². The smallest absolute Gasteiger partial charge is 0.251 e. The number of nitrogens with two attached hydrogens (primary N) is 1. The normalized spacial score (nSPS) is 20.8. The Hall–Kier alpha value is -1.79. The summed E-state index contributed by atoms with van der Waals surface area (Å²) in [6, 6.07) is 4.57. The fourth-order valence-corrected chi connectivity index (χ4v) is 3.62. The van der Waals surface area contributed by atoms with Gasteiger partial charge in [0.05, 0.1) is 11.1 Å². The van der Waals surface area contributed by atoms with Crippen LogP contribution in [-0.2, 0) is 4.79 Å². The van der Waals surface area contributed by atoms with Crippen LogP contribution >= 0.6 is 11.6 Å². The minimum absolute atomic E-state index is 0.0107. The van der Waals surface area contributed by atoms with E-state index in [4.69, 9.17) is 22.1 Å². The molecule has 0 radical (unpaired) electrons. The summed E-state index contributed by atoms with van der Waals surface area (Å²) in [6.07, 6.45) is 4.50. The summed E-state index contributed by atoms with van der Waals surface area (Å²) in [5, 5.41) is 5.86. The van der Waals surface area contributed by atoms with Gasteiger partial charge < -0.3 is 21.1 Å². The Labute approximate surface area is 166 Å². The van der Waals surface area contributed by atoms with E-state index in [1.54, 1.807) is 25.2 Å². The molecule has 0 saturated heterocycles. The van der Waals surface area contributed by atoms with E-state index >= 15 is 0 Å². The molecule has 2 rings (SSSR count). The summed E-state index contributed by atoms with van der Waals surface area (Å²) < 4.78 is 5.59. The van der Waals surface area contributed by atoms with Crippen molar-refractivity contribution in [2.75, 3.05) is 7.05 Å². The van der Waals surface area contributed by atoms with E-state index in [1.165, 1.54) is 0 Å². The van der Waals surface area contributed by atoms with Crippen molar-refractivity contribution >= 4 is 23.4 Å². The van der Waals surface area contributed by atoms with E-state index in [0.29, 0.717) is 28.7 Å². The molecule has 1 saturated carbocycles. The number of amides is 2. The summed E-state index contributed by atoms with van der Waals surface area (Å²) in [4.78, 5) is 24.9. The molecular formula is C20H30ClN3O3. The second kappa shape index (κ2) is 9.95. The van der Waals surface area contributed by atoms with E-state index in [-0.39, 0.29) is 24.0 Å². The van der Waals surface area contributed by atoms with Crippen LogP contribution in [0.1, 0.15) is 56.3 Å². The first-order valence-corrected chi connectivity index (χ1v) is 9.92. The number of benzene rings is 1. The number of likely N-dealkylation sites (N-methyl/N-ethyl adjacent to an activating group) is 1. The van der Waals surface area contributed by atoms with E-state index in [2.05, 4.69) is 10.6 Å². The Morgan fingerprint density at radius 2 is 1.93 bits per heavy atom. The number of carbonyl (C=O) groups is 2. The van der Waals surface area contributed by atoms with Gasteiger partial charge in [0.2, 0.25) is 5.91 Å². The summed E-state index contributed by atoms with van der Waals surface area (Å²) >= 11 is 6.22. The van der Waals surface area contributed by atoms with Gasteiger partial charge in [0.1, 0.15) is 11.8 Å². The molecule has 1 aliphatic rings. The molecule has 7 heteroatoms. The van der Waals surface area contributed by atoms with E-state index < -0.39 is 6.04 Å². The predicted octanol–water partition coefficient (Wildman–Crippen LogP) is 2.88. The van der Waals surface area contributed by atoms with Crippen molar-refractivity contribution in [1.82, 2.24) is 10.6 Å². The first-order valence-electron chi connectivity index (χ1n) is 9.54. The summed E-state index contributed by atoms with van der Waals surface area (Å²) in [5.74, 6) is 0.403. The van der Waals surface area contributed by atoms with Crippen molar-refractivity contribution in [1.29, 1.82) is 0 Å². The highest BCUT2D eigenvalue weighted by atomic mass is 35.5. The first-order chi connectivity index (χ1) is 12.8. The van der Waals surface area contributed by atoms with Crippen LogP contribution in [-0.4, -0.2) is 37.0 Å². The van der Waals surface area contributed by atoms with Crippen molar-refractivity contribution < 1.29 is 14.3 Å². The molecule has 1 unspecified atom stereocenters. The maximum Gasteiger partial charge on any atom is 0.251 e. The zero-order valence-corrected chi connectivity index (χ0v) is 17.0. The molecule has 0 heterocycles. The number of halogens is 1. The summed E-state index contributed by atoms with van der Waals surface area (Å²) in [7, 11) is 1.58. The quantitative estimate of drug-likeness (QED) is 0.661. The molecule has 0 bridgehead atoms. The van der Waals surface area contributed by atoms with Crippen LogP contribution in [0.3, 0.4) is 0 Å². The Morgan fingerprint density at radius 1 is 1.26 bits per heavy atom. The monoisotopic (exact) mass is 395 g/mol. The Bertz CT molecular complexity index is 658. The van der Waals surface area contributed by atoms with Gasteiger partial charge in [-0.15, -0.1) is 0 Å². The lowest BCUT2D eigenvalue weighted by molar-refractivity contribution is -0.123. The SMILES string of the molecule is CNC(=O)C(CC1CCC(N)CC1)NC(=O)c1ccc(OC(C)C)c(Cl)c1. The van der Waals surface area contributed by atoms with Crippen LogP contribution in [0.2, 0.25) is 5.02 Å². The molecular weight excluding hydrogens is 366 g/mol. The fraction of sp³-hybridized carbons (Fsp3) is 0.600. The number of rotatable bonds is 7. The molecule has 1 atom stereocenters. The molecule has 0 spiro atoms. The predicted molar refractivity (Wildman–Crippen MR) is 107 cm³/mol.